The molecule has 0 spiro atoms. The number of aliphatic hydroxyl groups is 1. The van der Waals surface area contributed by atoms with Gasteiger partial charge in [-0.15, -0.1) is 0 Å². The molecule has 1 aliphatic carbocycles. The molecule has 3 aromatic carbocycles. The molecule has 0 unspecified atom stereocenters. The van der Waals surface area contributed by atoms with Gasteiger partial charge in [0.15, 0.2) is 0 Å². The number of anilines is 3. The van der Waals surface area contributed by atoms with Crippen LogP contribution in [0, 0.1) is 0 Å². The summed E-state index contributed by atoms with van der Waals surface area (Å²) >= 11 is 0. The van der Waals surface area contributed by atoms with Crippen LogP contribution in [0.25, 0.3) is 0 Å². The Kier molecular flexibility index (Phi) is 7.03. The number of hydrogen-bond donors (Lipinski definition) is 6. The minimum Gasteiger partial charge on any atom is -0.478 e. The monoisotopic (exact) mass is 487 g/mol. The third-order valence-electron chi connectivity index (χ3n) is 5.80. The Balaban J connectivity index is 1.65. The maximum Gasteiger partial charge on any atom is 0.335 e. The van der Waals surface area contributed by atoms with Gasteiger partial charge >= 0.3 is 11.9 Å². The Labute approximate surface area is 207 Å². The Hall–Kier alpha value is -4.63. The van der Waals surface area contributed by atoms with Gasteiger partial charge in [0, 0.05) is 29.2 Å². The number of benzene rings is 3. The van der Waals surface area contributed by atoms with Crippen molar-refractivity contribution in [2.45, 2.75) is 19.1 Å². The second kappa shape index (κ2) is 10.3. The Morgan fingerprint density at radius 2 is 1.39 bits per heavy atom. The van der Waals surface area contributed by atoms with Crippen molar-refractivity contribution in [1.82, 2.24) is 0 Å². The summed E-state index contributed by atoms with van der Waals surface area (Å²) in [5.74, 6) is -3.34. The maximum absolute atomic E-state index is 13.2. The largest absolute Gasteiger partial charge is 0.478 e. The third-order valence-corrected chi connectivity index (χ3v) is 5.80. The summed E-state index contributed by atoms with van der Waals surface area (Å²) in [6, 6.07) is 17.8. The summed E-state index contributed by atoms with van der Waals surface area (Å²) < 4.78 is 0. The molecule has 1 amide bonds. The van der Waals surface area contributed by atoms with Crippen LogP contribution in [-0.4, -0.2) is 39.7 Å². The molecule has 0 saturated carbocycles. The highest BCUT2D eigenvalue weighted by atomic mass is 16.4. The minimum atomic E-state index is -1.33. The van der Waals surface area contributed by atoms with E-state index < -0.39 is 30.0 Å². The van der Waals surface area contributed by atoms with Crippen molar-refractivity contribution in [3.05, 3.63) is 101 Å². The summed E-state index contributed by atoms with van der Waals surface area (Å²) in [6.07, 6.45) is 0.386. The zero-order valence-corrected chi connectivity index (χ0v) is 19.4. The van der Waals surface area contributed by atoms with Crippen molar-refractivity contribution in [2.75, 3.05) is 22.5 Å². The van der Waals surface area contributed by atoms with Crippen LogP contribution in [0.15, 0.2) is 78.4 Å². The molecule has 36 heavy (non-hydrogen) atoms. The molecule has 9 nitrogen and oxygen atoms in total. The van der Waals surface area contributed by atoms with Gasteiger partial charge in [-0.2, -0.15) is 0 Å². The number of carboxylic acid groups (broad SMARTS) is 2. The molecule has 0 heterocycles. The first kappa shape index (κ1) is 24.5. The lowest BCUT2D eigenvalue weighted by Crippen LogP contribution is -2.26. The van der Waals surface area contributed by atoms with E-state index in [1.165, 1.54) is 0 Å². The van der Waals surface area contributed by atoms with Crippen LogP contribution in [0.2, 0.25) is 0 Å². The van der Waals surface area contributed by atoms with E-state index in [0.29, 0.717) is 5.56 Å². The van der Waals surface area contributed by atoms with Gasteiger partial charge in [0.25, 0.3) is 5.91 Å². The molecule has 3 aromatic rings. The first-order valence-corrected chi connectivity index (χ1v) is 11.3. The van der Waals surface area contributed by atoms with E-state index in [2.05, 4.69) is 16.0 Å². The van der Waals surface area contributed by atoms with Gasteiger partial charge in [0.05, 0.1) is 17.2 Å². The number of carbonyl (C=O) groups excluding carboxylic acids is 1. The highest BCUT2D eigenvalue weighted by Gasteiger charge is 2.31. The van der Waals surface area contributed by atoms with E-state index in [-0.39, 0.29) is 22.4 Å². The molecule has 6 N–H and O–H groups in total. The van der Waals surface area contributed by atoms with Crippen molar-refractivity contribution in [3.63, 3.8) is 0 Å². The average molecular weight is 488 g/mol. The molecule has 0 saturated heterocycles. The Bertz CT molecular complexity index is 1320. The molecular formula is C27H25N3O6. The fraction of sp³-hybridized carbons (Fsp3) is 0.148. The normalized spacial score (nSPS) is 16.3. The van der Waals surface area contributed by atoms with Crippen molar-refractivity contribution in [3.8, 4) is 0 Å². The second-order valence-corrected chi connectivity index (χ2v) is 8.25. The van der Waals surface area contributed by atoms with Crippen LogP contribution in [0.1, 0.15) is 50.9 Å². The molecule has 0 aromatic heterocycles. The predicted molar refractivity (Wildman–Crippen MR) is 135 cm³/mol. The van der Waals surface area contributed by atoms with Gasteiger partial charge in [-0.3, -0.25) is 4.79 Å². The van der Waals surface area contributed by atoms with Gasteiger partial charge in [-0.1, -0.05) is 24.3 Å². The van der Waals surface area contributed by atoms with Crippen LogP contribution in [0.5, 0.6) is 0 Å². The lowest BCUT2D eigenvalue weighted by Gasteiger charge is -2.29. The Morgan fingerprint density at radius 1 is 0.806 bits per heavy atom. The number of carbonyl (C=O) groups is 3. The molecule has 9 heteroatoms. The van der Waals surface area contributed by atoms with Gasteiger partial charge in [0.1, 0.15) is 6.10 Å². The van der Waals surface area contributed by atoms with Crippen LogP contribution in [-0.2, 0) is 4.79 Å². The van der Waals surface area contributed by atoms with Gasteiger partial charge in [0.2, 0.25) is 0 Å². The maximum atomic E-state index is 13.2. The number of aromatic carboxylic acids is 2. The second-order valence-electron chi connectivity index (χ2n) is 8.25. The zero-order chi connectivity index (χ0) is 25.8. The van der Waals surface area contributed by atoms with Gasteiger partial charge in [-0.05, 0) is 66.6 Å². The molecular weight excluding hydrogens is 462 g/mol. The number of fused-ring (bicyclic) bond motifs is 1. The third kappa shape index (κ3) is 5.21. The van der Waals surface area contributed by atoms with E-state index in [1.807, 2.05) is 43.3 Å². The van der Waals surface area contributed by atoms with Crippen LogP contribution >= 0.6 is 0 Å². The number of hydrogen-bond acceptors (Lipinski definition) is 6. The van der Waals surface area contributed by atoms with Crippen LogP contribution in [0.3, 0.4) is 0 Å². The highest BCUT2D eigenvalue weighted by Crippen LogP contribution is 2.38. The van der Waals surface area contributed by atoms with Crippen molar-refractivity contribution >= 4 is 34.9 Å². The molecule has 2 atom stereocenters. The average Bonchev–Trinajstić information content (AvgIpc) is 2.86. The summed E-state index contributed by atoms with van der Waals surface area (Å²) in [5.41, 5.74) is 2.62. The van der Waals surface area contributed by atoms with Crippen molar-refractivity contribution < 1.29 is 29.7 Å². The number of aliphatic hydroxyl groups excluding tert-OH is 1. The van der Waals surface area contributed by atoms with Crippen molar-refractivity contribution in [1.29, 1.82) is 0 Å². The lowest BCUT2D eigenvalue weighted by molar-refractivity contribution is -0.113. The fourth-order valence-corrected chi connectivity index (χ4v) is 4.11. The summed E-state index contributed by atoms with van der Waals surface area (Å²) in [6.45, 7) is 2.80. The fourth-order valence-electron chi connectivity index (χ4n) is 4.11. The zero-order valence-electron chi connectivity index (χ0n) is 19.4. The first-order chi connectivity index (χ1) is 17.3. The number of rotatable bonds is 8. The molecule has 0 fully saturated rings. The summed E-state index contributed by atoms with van der Waals surface area (Å²) in [7, 11) is 0. The van der Waals surface area contributed by atoms with E-state index in [4.69, 9.17) is 0 Å². The lowest BCUT2D eigenvalue weighted by atomic mass is 9.85. The topological polar surface area (TPSA) is 148 Å². The van der Waals surface area contributed by atoms with E-state index in [0.717, 1.165) is 41.7 Å². The number of amides is 1. The standard InChI is InChI=1S/C27H25N3O6/c1-2-28-17-7-9-18(10-8-17)29-23-14-22(24(31)21-6-4-3-5-20(21)23)25(32)30-19-12-15(26(33)34)11-16(13-19)27(35)36/h3-14,23-24,28-29,31H,2H2,1H3,(H,30,32)(H,33,34)(H,35,36)/t23-,24-/m1/s1. The van der Waals surface area contributed by atoms with Crippen molar-refractivity contribution in [2.24, 2.45) is 0 Å². The number of carboxylic acids is 2. The quantitative estimate of drug-likeness (QED) is 0.276. The van der Waals surface area contributed by atoms with Crippen LogP contribution in [0.4, 0.5) is 17.1 Å². The first-order valence-electron chi connectivity index (χ1n) is 11.3. The molecule has 1 aliphatic rings. The summed E-state index contributed by atoms with van der Waals surface area (Å²) in [4.78, 5) is 36.0. The smallest absolute Gasteiger partial charge is 0.335 e. The molecule has 0 radical (unpaired) electrons. The van der Waals surface area contributed by atoms with E-state index in [1.54, 1.807) is 18.2 Å². The Morgan fingerprint density at radius 3 is 1.97 bits per heavy atom. The minimum absolute atomic E-state index is 0.00668. The SMILES string of the molecule is CCNc1ccc(N[C@@H]2C=C(C(=O)Nc3cc(C(=O)O)cc(C(=O)O)c3)[C@H](O)c3ccccc32)cc1. The van der Waals surface area contributed by atoms with E-state index >= 15 is 0 Å². The summed E-state index contributed by atoms with van der Waals surface area (Å²) in [5, 5.41) is 38.7. The molecule has 0 aliphatic heterocycles. The molecule has 0 bridgehead atoms. The number of nitrogens with one attached hydrogen (secondary N) is 3. The highest BCUT2D eigenvalue weighted by molar-refractivity contribution is 6.06. The van der Waals surface area contributed by atoms with E-state index in [9.17, 15) is 29.7 Å². The van der Waals surface area contributed by atoms with Gasteiger partial charge in [-0.25, -0.2) is 9.59 Å². The predicted octanol–water partition coefficient (Wildman–Crippen LogP) is 4.28. The molecule has 4 rings (SSSR count). The van der Waals surface area contributed by atoms with Gasteiger partial charge < -0.3 is 31.3 Å². The molecule has 184 valence electrons. The van der Waals surface area contributed by atoms with Crippen LogP contribution < -0.4 is 16.0 Å².